The minimum absolute atomic E-state index is 1.75. The summed E-state index contributed by atoms with van der Waals surface area (Å²) in [5.74, 6) is 0. The summed E-state index contributed by atoms with van der Waals surface area (Å²) >= 11 is 0. The van der Waals surface area contributed by atoms with Crippen molar-refractivity contribution in [2.45, 2.75) is 0 Å². The fourth-order valence-corrected chi connectivity index (χ4v) is 1.25. The van der Waals surface area contributed by atoms with E-state index in [0.29, 0.717) is 0 Å². The van der Waals surface area contributed by atoms with Gasteiger partial charge in [-0.2, -0.15) is 4.31 Å². The van der Waals surface area contributed by atoms with Crippen LogP contribution in [0.5, 0.6) is 0 Å². The van der Waals surface area contributed by atoms with Crippen LogP contribution >= 0.6 is 15.6 Å². The molecule has 0 atom stereocenters. The zero-order valence-electron chi connectivity index (χ0n) is 5.37. The molecule has 7 nitrogen and oxygen atoms in total. The molecule has 76 valence electrons. The van der Waals surface area contributed by atoms with Crippen molar-refractivity contribution in [3.63, 3.8) is 0 Å². The fourth-order valence-electron chi connectivity index (χ4n) is 0.139. The summed E-state index contributed by atoms with van der Waals surface area (Å²) in [6.07, 6.45) is 0. The van der Waals surface area contributed by atoms with Crippen LogP contribution in [0, 0.1) is 0 Å². The number of rotatable bonds is 2. The van der Waals surface area contributed by atoms with Crippen molar-refractivity contribution in [2.75, 3.05) is 6.93 Å². The SMILES string of the molecule is FCF.O=P(O)(O)OP(=O)(O)O. The lowest BCUT2D eigenvalue weighted by atomic mass is 11.7. The van der Waals surface area contributed by atoms with Crippen molar-refractivity contribution in [3.8, 4) is 0 Å². The van der Waals surface area contributed by atoms with Crippen LogP contribution in [0.15, 0.2) is 0 Å². The van der Waals surface area contributed by atoms with Crippen molar-refractivity contribution in [3.05, 3.63) is 0 Å². The molecule has 0 aromatic carbocycles. The summed E-state index contributed by atoms with van der Waals surface area (Å²) < 4.78 is 41.5. The third kappa shape index (κ3) is 22.5. The first kappa shape index (κ1) is 14.6. The van der Waals surface area contributed by atoms with Gasteiger partial charge in [-0.15, -0.1) is 0 Å². The topological polar surface area (TPSA) is 124 Å². The highest BCUT2D eigenvalue weighted by atomic mass is 31.3. The van der Waals surface area contributed by atoms with Crippen LogP contribution in [0.2, 0.25) is 0 Å². The quantitative estimate of drug-likeness (QED) is 0.494. The third-order valence-corrected chi connectivity index (χ3v) is 1.91. The largest absolute Gasteiger partial charge is 0.478 e. The molecule has 11 heteroatoms. The first-order valence-electron chi connectivity index (χ1n) is 2.06. The van der Waals surface area contributed by atoms with Crippen LogP contribution in [0.4, 0.5) is 8.78 Å². The van der Waals surface area contributed by atoms with E-state index < -0.39 is 22.6 Å². The molecule has 0 aliphatic heterocycles. The summed E-state index contributed by atoms with van der Waals surface area (Å²) in [7, 11) is -10.1. The lowest BCUT2D eigenvalue weighted by Crippen LogP contribution is -1.84. The van der Waals surface area contributed by atoms with Gasteiger partial charge in [-0.3, -0.25) is 0 Å². The van der Waals surface area contributed by atoms with Gasteiger partial charge < -0.3 is 19.6 Å². The molecule has 0 bridgehead atoms. The van der Waals surface area contributed by atoms with E-state index in [1.807, 2.05) is 0 Å². The third-order valence-electron chi connectivity index (χ3n) is 0.213. The Bertz CT molecular complexity index is 172. The summed E-state index contributed by atoms with van der Waals surface area (Å²) in [6, 6.07) is 0. The molecule has 0 saturated heterocycles. The molecule has 0 radical (unpaired) electrons. The molecule has 0 amide bonds. The van der Waals surface area contributed by atoms with E-state index in [4.69, 9.17) is 19.6 Å². The second-order valence-corrected chi connectivity index (χ2v) is 3.78. The fraction of sp³-hybridized carbons (Fsp3) is 1.00. The number of phosphoric acid groups is 2. The Balaban J connectivity index is 0. The van der Waals surface area contributed by atoms with Gasteiger partial charge in [-0.1, -0.05) is 0 Å². The van der Waals surface area contributed by atoms with E-state index in [9.17, 15) is 17.9 Å². The molecule has 0 unspecified atom stereocenters. The number of halogens is 2. The van der Waals surface area contributed by atoms with Gasteiger partial charge in [0.05, 0.1) is 0 Å². The molecule has 0 heterocycles. The molecule has 0 fully saturated rings. The van der Waals surface area contributed by atoms with Crippen LogP contribution < -0.4 is 0 Å². The van der Waals surface area contributed by atoms with Gasteiger partial charge in [-0.25, -0.2) is 17.9 Å². The van der Waals surface area contributed by atoms with E-state index >= 15 is 0 Å². The molecule has 0 rings (SSSR count). The Labute approximate surface area is 65.5 Å². The molecule has 4 N–H and O–H groups in total. The number of hydrogen-bond donors (Lipinski definition) is 4. The average Bonchev–Trinajstić information content (AvgIpc) is 1.53. The van der Waals surface area contributed by atoms with Crippen LogP contribution in [0.1, 0.15) is 0 Å². The summed E-state index contributed by atoms with van der Waals surface area (Å²) in [6.45, 7) is -1.75. The molecular weight excluding hydrogens is 224 g/mol. The zero-order chi connectivity index (χ0) is 10.4. The highest BCUT2D eigenvalue weighted by molar-refractivity contribution is 7.60. The average molecular weight is 230 g/mol. The standard InChI is InChI=1S/CH2F2.H4O7P2/c2-1-3;1-8(2,3)7-9(4,5)6/h1H2;(H2,1,2,3)(H2,4,5,6). The van der Waals surface area contributed by atoms with Crippen molar-refractivity contribution in [1.29, 1.82) is 0 Å². The molecule has 0 aromatic rings. The second kappa shape index (κ2) is 5.71. The summed E-state index contributed by atoms with van der Waals surface area (Å²) in [5, 5.41) is 0. The monoisotopic (exact) mass is 230 g/mol. The van der Waals surface area contributed by atoms with Gasteiger partial charge in [0.15, 0.2) is 0 Å². The molecule has 0 aliphatic rings. The first-order valence-corrected chi connectivity index (χ1v) is 5.13. The lowest BCUT2D eigenvalue weighted by molar-refractivity contribution is 0.225. The van der Waals surface area contributed by atoms with Gasteiger partial charge >= 0.3 is 15.6 Å². The summed E-state index contributed by atoms with van der Waals surface area (Å²) in [4.78, 5) is 31.0. The Morgan fingerprint density at radius 3 is 1.17 bits per heavy atom. The summed E-state index contributed by atoms with van der Waals surface area (Å²) in [5.41, 5.74) is 0. The molecule has 0 saturated carbocycles. The highest BCUT2D eigenvalue weighted by Crippen LogP contribution is 2.53. The van der Waals surface area contributed by atoms with Crippen LogP contribution in [-0.4, -0.2) is 26.5 Å². The van der Waals surface area contributed by atoms with Crippen LogP contribution in [0.25, 0.3) is 0 Å². The molecular formula is CH6F2O7P2. The van der Waals surface area contributed by atoms with E-state index in [1.54, 1.807) is 0 Å². The zero-order valence-corrected chi connectivity index (χ0v) is 7.16. The van der Waals surface area contributed by atoms with Crippen molar-refractivity contribution >= 4 is 15.6 Å². The van der Waals surface area contributed by atoms with E-state index in [-0.39, 0.29) is 0 Å². The minimum Gasteiger partial charge on any atom is -0.302 e. The maximum absolute atomic E-state index is 9.63. The van der Waals surface area contributed by atoms with Crippen molar-refractivity contribution in [2.24, 2.45) is 0 Å². The Morgan fingerprint density at radius 2 is 1.17 bits per heavy atom. The number of alkyl halides is 2. The van der Waals surface area contributed by atoms with Gasteiger partial charge in [0, 0.05) is 0 Å². The Morgan fingerprint density at radius 1 is 1.00 bits per heavy atom. The first-order chi connectivity index (χ1) is 5.12. The van der Waals surface area contributed by atoms with Crippen LogP contribution in [0.3, 0.4) is 0 Å². The maximum Gasteiger partial charge on any atom is 0.478 e. The maximum atomic E-state index is 9.63. The van der Waals surface area contributed by atoms with Crippen LogP contribution in [-0.2, 0) is 13.4 Å². The second-order valence-electron chi connectivity index (χ2n) is 1.16. The lowest BCUT2D eigenvalue weighted by Gasteiger charge is -2.03. The van der Waals surface area contributed by atoms with Gasteiger partial charge in [0.1, 0.15) is 0 Å². The predicted octanol–water partition coefficient (Wildman–Crippen LogP) is 0.0713. The highest BCUT2D eigenvalue weighted by Gasteiger charge is 2.27. The Hall–Kier alpha value is 0.120. The van der Waals surface area contributed by atoms with E-state index in [2.05, 4.69) is 4.31 Å². The molecule has 0 aliphatic carbocycles. The predicted molar refractivity (Wildman–Crippen MR) is 32.3 cm³/mol. The number of hydrogen-bond acceptors (Lipinski definition) is 3. The molecule has 12 heavy (non-hydrogen) atoms. The minimum atomic E-state index is -5.05. The van der Waals surface area contributed by atoms with E-state index in [1.165, 1.54) is 0 Å². The molecule has 0 spiro atoms. The van der Waals surface area contributed by atoms with Crippen molar-refractivity contribution < 1.29 is 41.8 Å². The Kier molecular flexibility index (Phi) is 6.97. The molecule has 0 aromatic heterocycles. The normalized spacial score (nSPS) is 11.8. The van der Waals surface area contributed by atoms with Gasteiger partial charge in [-0.05, 0) is 0 Å². The van der Waals surface area contributed by atoms with Crippen molar-refractivity contribution in [1.82, 2.24) is 0 Å². The van der Waals surface area contributed by atoms with Gasteiger partial charge in [0.25, 0.3) is 0 Å². The smallest absolute Gasteiger partial charge is 0.302 e. The van der Waals surface area contributed by atoms with Gasteiger partial charge in [0.2, 0.25) is 6.93 Å². The van der Waals surface area contributed by atoms with E-state index in [0.717, 1.165) is 0 Å².